The lowest BCUT2D eigenvalue weighted by molar-refractivity contribution is 0.272. The van der Waals surface area contributed by atoms with Gasteiger partial charge in [0.1, 0.15) is 28.9 Å². The molecule has 0 amide bonds. The Kier molecular flexibility index (Phi) is 5.08. The first-order chi connectivity index (χ1) is 13.0. The lowest BCUT2D eigenvalue weighted by Crippen LogP contribution is -2.27. The Bertz CT molecular complexity index is 976. The van der Waals surface area contributed by atoms with Crippen molar-refractivity contribution >= 4 is 0 Å². The number of ether oxygens (including phenoxy) is 3. The zero-order valence-electron chi connectivity index (χ0n) is 15.4. The van der Waals surface area contributed by atoms with Crippen molar-refractivity contribution in [2.75, 3.05) is 13.2 Å². The Balaban J connectivity index is 2.37. The monoisotopic (exact) mass is 368 g/mol. The number of nitrogens with two attached hydrogens (primary N) is 1. The number of rotatable bonds is 5. The average Bonchev–Trinajstić information content (AvgIpc) is 2.61. The minimum Gasteiger partial charge on any atom is -0.493 e. The highest BCUT2D eigenvalue weighted by Crippen LogP contribution is 2.47. The third-order valence-corrected chi connectivity index (χ3v) is 4.15. The summed E-state index contributed by atoms with van der Waals surface area (Å²) in [5.74, 6) is 0.435. The molecule has 140 valence electrons. The van der Waals surface area contributed by atoms with E-state index in [0.717, 1.165) is 0 Å². The molecular weight excluding hydrogens is 348 g/mol. The van der Waals surface area contributed by atoms with Gasteiger partial charge >= 0.3 is 0 Å². The first kappa shape index (κ1) is 18.4. The summed E-state index contributed by atoms with van der Waals surface area (Å²) in [7, 11) is 0. The highest BCUT2D eigenvalue weighted by molar-refractivity contribution is 5.60. The van der Waals surface area contributed by atoms with Crippen LogP contribution in [0.25, 0.3) is 0 Å². The van der Waals surface area contributed by atoms with E-state index in [4.69, 9.17) is 24.4 Å². The van der Waals surface area contributed by atoms with Crippen LogP contribution in [0.15, 0.2) is 44.9 Å². The van der Waals surface area contributed by atoms with Gasteiger partial charge in [0, 0.05) is 11.6 Å². The summed E-state index contributed by atoms with van der Waals surface area (Å²) >= 11 is 0. The zero-order chi connectivity index (χ0) is 19.6. The van der Waals surface area contributed by atoms with E-state index in [-0.39, 0.29) is 28.4 Å². The average molecular weight is 368 g/mol. The molecule has 2 aromatic rings. The quantitative estimate of drug-likeness (QED) is 0.864. The second-order valence-corrected chi connectivity index (χ2v) is 5.88. The molecule has 0 saturated heterocycles. The molecule has 2 heterocycles. The summed E-state index contributed by atoms with van der Waals surface area (Å²) in [6.45, 7) is 6.15. The molecule has 0 fully saturated rings. The highest BCUT2D eigenvalue weighted by Gasteiger charge is 2.38. The van der Waals surface area contributed by atoms with Gasteiger partial charge in [0.05, 0.1) is 24.7 Å². The van der Waals surface area contributed by atoms with Crippen LogP contribution < -0.4 is 25.4 Å². The predicted octanol–water partition coefficient (Wildman–Crippen LogP) is 2.96. The van der Waals surface area contributed by atoms with Gasteiger partial charge in [0.2, 0.25) is 5.88 Å². The van der Waals surface area contributed by atoms with Crippen molar-refractivity contribution in [2.45, 2.75) is 26.7 Å². The van der Waals surface area contributed by atoms with Crippen LogP contribution in [0, 0.1) is 18.3 Å². The van der Waals surface area contributed by atoms with E-state index in [0.29, 0.717) is 36.0 Å². The minimum absolute atomic E-state index is 0.0183. The maximum absolute atomic E-state index is 12.8. The second kappa shape index (κ2) is 7.46. The van der Waals surface area contributed by atoms with Gasteiger partial charge in [0.25, 0.3) is 5.95 Å². The van der Waals surface area contributed by atoms with Crippen LogP contribution in [0.5, 0.6) is 17.4 Å². The van der Waals surface area contributed by atoms with Gasteiger partial charge in [-0.1, -0.05) is 6.07 Å². The topological polar surface area (TPSA) is 108 Å². The van der Waals surface area contributed by atoms with Crippen LogP contribution in [0.4, 0.5) is 0 Å². The van der Waals surface area contributed by atoms with Gasteiger partial charge in [-0.3, -0.25) is 4.79 Å². The third-order valence-electron chi connectivity index (χ3n) is 4.15. The van der Waals surface area contributed by atoms with Crippen molar-refractivity contribution in [2.24, 2.45) is 5.73 Å². The number of nitrogens with zero attached hydrogens (tertiary/aromatic N) is 1. The number of benzene rings is 1. The number of allylic oxidation sites excluding steroid dienone is 1. The number of fused-ring (bicyclic) bond motifs is 1. The molecule has 1 aliphatic heterocycles. The van der Waals surface area contributed by atoms with Crippen molar-refractivity contribution in [1.82, 2.24) is 0 Å². The third kappa shape index (κ3) is 3.22. The Morgan fingerprint density at radius 2 is 1.81 bits per heavy atom. The molecular formula is C20H20N2O5. The molecule has 0 unspecified atom stereocenters. The smallest absolute Gasteiger partial charge is 0.299 e. The van der Waals surface area contributed by atoms with Gasteiger partial charge in [0.15, 0.2) is 5.43 Å². The van der Waals surface area contributed by atoms with Gasteiger partial charge in [-0.25, -0.2) is 0 Å². The summed E-state index contributed by atoms with van der Waals surface area (Å²) in [6.07, 6.45) is 0. The molecule has 0 saturated carbocycles. The van der Waals surface area contributed by atoms with E-state index in [2.05, 4.69) is 6.07 Å². The Morgan fingerprint density at radius 1 is 1.19 bits per heavy atom. The molecule has 0 spiro atoms. The van der Waals surface area contributed by atoms with Crippen LogP contribution in [-0.2, 0) is 0 Å². The first-order valence-corrected chi connectivity index (χ1v) is 8.62. The van der Waals surface area contributed by atoms with E-state index < -0.39 is 5.92 Å². The van der Waals surface area contributed by atoms with Crippen molar-refractivity contribution < 1.29 is 18.6 Å². The first-order valence-electron chi connectivity index (χ1n) is 8.62. The SMILES string of the molecule is CCOc1cccc(OCC)c1[C@@H]1C(C#N)=C(N)Oc2oc(C)cc(=O)c21. The molecule has 1 atom stereocenters. The zero-order valence-corrected chi connectivity index (χ0v) is 15.4. The summed E-state index contributed by atoms with van der Waals surface area (Å²) < 4.78 is 22.5. The molecule has 0 bridgehead atoms. The maximum atomic E-state index is 12.8. The van der Waals surface area contributed by atoms with Crippen molar-refractivity contribution in [3.05, 3.63) is 62.8 Å². The molecule has 2 N–H and O–H groups in total. The number of hydrogen-bond acceptors (Lipinski definition) is 7. The summed E-state index contributed by atoms with van der Waals surface area (Å²) in [5.41, 5.74) is 6.50. The van der Waals surface area contributed by atoms with E-state index in [1.54, 1.807) is 25.1 Å². The summed E-state index contributed by atoms with van der Waals surface area (Å²) in [4.78, 5) is 12.8. The summed E-state index contributed by atoms with van der Waals surface area (Å²) in [6, 6.07) is 8.73. The Morgan fingerprint density at radius 3 is 2.37 bits per heavy atom. The molecule has 7 nitrogen and oxygen atoms in total. The fraction of sp³-hybridized carbons (Fsp3) is 0.300. The molecule has 1 aromatic carbocycles. The van der Waals surface area contributed by atoms with Gasteiger partial charge in [-0.05, 0) is 32.9 Å². The van der Waals surface area contributed by atoms with Crippen LogP contribution in [0.3, 0.4) is 0 Å². The lowest BCUT2D eigenvalue weighted by Gasteiger charge is -2.27. The molecule has 27 heavy (non-hydrogen) atoms. The standard InChI is InChI=1S/C20H20N2O5/c1-4-24-14-7-6-8-15(25-5-2)18(14)16-12(10-21)19(22)27-20-17(16)13(23)9-11(3)26-20/h6-9,16H,4-5,22H2,1-3H3/t16-/m1/s1. The van der Waals surface area contributed by atoms with Crippen LogP contribution in [0.2, 0.25) is 0 Å². The molecule has 7 heteroatoms. The number of aryl methyl sites for hydroxylation is 1. The highest BCUT2D eigenvalue weighted by atomic mass is 16.6. The fourth-order valence-corrected chi connectivity index (χ4v) is 3.15. The Hall–Kier alpha value is -3.40. The largest absolute Gasteiger partial charge is 0.493 e. The molecule has 3 rings (SSSR count). The number of nitriles is 1. The molecule has 1 aromatic heterocycles. The van der Waals surface area contributed by atoms with Crippen molar-refractivity contribution in [3.63, 3.8) is 0 Å². The van der Waals surface area contributed by atoms with E-state index in [1.165, 1.54) is 6.07 Å². The maximum Gasteiger partial charge on any atom is 0.299 e. The van der Waals surface area contributed by atoms with E-state index in [9.17, 15) is 10.1 Å². The van der Waals surface area contributed by atoms with Gasteiger partial charge in [-0.2, -0.15) is 5.26 Å². The van der Waals surface area contributed by atoms with E-state index in [1.807, 2.05) is 13.8 Å². The fourth-order valence-electron chi connectivity index (χ4n) is 3.15. The van der Waals surface area contributed by atoms with Crippen molar-refractivity contribution in [1.29, 1.82) is 5.26 Å². The predicted molar refractivity (Wildman–Crippen MR) is 97.8 cm³/mol. The molecule has 0 radical (unpaired) electrons. The van der Waals surface area contributed by atoms with Crippen molar-refractivity contribution in [3.8, 4) is 23.5 Å². The Labute approximate surface area is 156 Å². The molecule has 0 aliphatic carbocycles. The number of hydrogen-bond donors (Lipinski definition) is 1. The van der Waals surface area contributed by atoms with Crippen LogP contribution in [-0.4, -0.2) is 13.2 Å². The van der Waals surface area contributed by atoms with E-state index >= 15 is 0 Å². The minimum atomic E-state index is -0.820. The van der Waals surface area contributed by atoms with Crippen LogP contribution in [0.1, 0.15) is 36.7 Å². The second-order valence-electron chi connectivity index (χ2n) is 5.88. The van der Waals surface area contributed by atoms with Gasteiger partial charge in [-0.15, -0.1) is 0 Å². The lowest BCUT2D eigenvalue weighted by atomic mass is 9.83. The molecule has 1 aliphatic rings. The van der Waals surface area contributed by atoms with Gasteiger partial charge < -0.3 is 24.4 Å². The van der Waals surface area contributed by atoms with Crippen LogP contribution >= 0.6 is 0 Å². The normalized spacial score (nSPS) is 15.6. The summed E-state index contributed by atoms with van der Waals surface area (Å²) in [5, 5.41) is 9.72.